The molecule has 0 aliphatic carbocycles. The Hall–Kier alpha value is -2.99. The van der Waals surface area contributed by atoms with Gasteiger partial charge in [0.05, 0.1) is 23.2 Å². The molecule has 3 N–H and O–H groups in total. The van der Waals surface area contributed by atoms with E-state index in [1.54, 1.807) is 6.07 Å². The van der Waals surface area contributed by atoms with Crippen LogP contribution in [-0.4, -0.2) is 26.6 Å². The van der Waals surface area contributed by atoms with Gasteiger partial charge in [-0.25, -0.2) is 14.4 Å². The third kappa shape index (κ3) is 3.16. The summed E-state index contributed by atoms with van der Waals surface area (Å²) in [5.41, 5.74) is 3.07. The van der Waals surface area contributed by atoms with Gasteiger partial charge in [-0.05, 0) is 30.3 Å². The summed E-state index contributed by atoms with van der Waals surface area (Å²) >= 11 is 0. The Morgan fingerprint density at radius 2 is 1.92 bits per heavy atom. The van der Waals surface area contributed by atoms with Crippen LogP contribution in [0.4, 0.5) is 10.2 Å². The van der Waals surface area contributed by atoms with Gasteiger partial charge in [0.25, 0.3) is 0 Å². The van der Waals surface area contributed by atoms with Crippen LogP contribution in [0.3, 0.4) is 0 Å². The predicted molar refractivity (Wildman–Crippen MR) is 95.9 cm³/mol. The number of nitrogens with zero attached hydrogens (tertiary/aromatic N) is 2. The average molecular weight is 336 g/mol. The number of pyridine rings is 1. The largest absolute Gasteiger partial charge is 0.392 e. The summed E-state index contributed by atoms with van der Waals surface area (Å²) in [6.07, 6.45) is 0.635. The third-order valence-electron chi connectivity index (χ3n) is 4.12. The van der Waals surface area contributed by atoms with Crippen molar-refractivity contribution in [3.05, 3.63) is 65.7 Å². The van der Waals surface area contributed by atoms with Gasteiger partial charge in [0.1, 0.15) is 17.5 Å². The molecule has 0 saturated carbocycles. The molecule has 0 aliphatic rings. The topological polar surface area (TPSA) is 73.8 Å². The molecule has 0 aliphatic heterocycles. The first-order valence-electron chi connectivity index (χ1n) is 8.10. The summed E-state index contributed by atoms with van der Waals surface area (Å²) in [5, 5.41) is 13.8. The Labute approximate surface area is 143 Å². The molecular weight excluding hydrogens is 319 g/mol. The van der Waals surface area contributed by atoms with E-state index in [2.05, 4.69) is 20.3 Å². The Morgan fingerprint density at radius 3 is 2.80 bits per heavy atom. The summed E-state index contributed by atoms with van der Waals surface area (Å²) in [4.78, 5) is 12.1. The number of benzene rings is 2. The Kier molecular flexibility index (Phi) is 4.03. The number of anilines is 1. The predicted octanol–water partition coefficient (Wildman–Crippen LogP) is 3.40. The molecule has 0 bridgehead atoms. The minimum atomic E-state index is -0.284. The molecule has 25 heavy (non-hydrogen) atoms. The number of nitrogens with one attached hydrogen (secondary N) is 2. The lowest BCUT2D eigenvalue weighted by Gasteiger charge is -2.10. The molecule has 4 rings (SSSR count). The fourth-order valence-corrected chi connectivity index (χ4v) is 2.89. The highest BCUT2D eigenvalue weighted by atomic mass is 19.1. The number of aromatic nitrogens is 3. The van der Waals surface area contributed by atoms with Crippen LogP contribution in [0.15, 0.2) is 48.5 Å². The van der Waals surface area contributed by atoms with Crippen LogP contribution < -0.4 is 5.32 Å². The van der Waals surface area contributed by atoms with E-state index in [0.29, 0.717) is 24.3 Å². The van der Waals surface area contributed by atoms with E-state index in [1.165, 1.54) is 12.1 Å². The molecule has 2 aromatic heterocycles. The van der Waals surface area contributed by atoms with Crippen LogP contribution in [-0.2, 0) is 13.0 Å². The number of fused-ring (bicyclic) bond motifs is 2. The molecular formula is C19H17FN4O. The van der Waals surface area contributed by atoms with Gasteiger partial charge in [-0.15, -0.1) is 0 Å². The van der Waals surface area contributed by atoms with E-state index in [-0.39, 0.29) is 12.4 Å². The fourth-order valence-electron chi connectivity index (χ4n) is 2.89. The zero-order valence-corrected chi connectivity index (χ0v) is 13.5. The van der Waals surface area contributed by atoms with Crippen molar-refractivity contribution in [3.8, 4) is 0 Å². The first-order chi connectivity index (χ1) is 12.2. The molecule has 6 heteroatoms. The summed E-state index contributed by atoms with van der Waals surface area (Å²) in [6.45, 7) is 0.519. The molecule has 2 heterocycles. The smallest absolute Gasteiger partial charge is 0.132 e. The monoisotopic (exact) mass is 336 g/mol. The lowest BCUT2D eigenvalue weighted by molar-refractivity contribution is 0.282. The van der Waals surface area contributed by atoms with E-state index in [0.717, 1.165) is 27.8 Å². The van der Waals surface area contributed by atoms with Gasteiger partial charge in [0, 0.05) is 23.9 Å². The summed E-state index contributed by atoms with van der Waals surface area (Å²) in [7, 11) is 0. The maximum Gasteiger partial charge on any atom is 0.132 e. The molecule has 0 radical (unpaired) electrons. The molecule has 5 nitrogen and oxygen atoms in total. The van der Waals surface area contributed by atoms with Gasteiger partial charge in [-0.2, -0.15) is 0 Å². The van der Waals surface area contributed by atoms with Crippen molar-refractivity contribution in [1.82, 2.24) is 15.0 Å². The highest BCUT2D eigenvalue weighted by Gasteiger charge is 2.07. The lowest BCUT2D eigenvalue weighted by atomic mass is 10.1. The van der Waals surface area contributed by atoms with Crippen LogP contribution in [0.25, 0.3) is 21.9 Å². The van der Waals surface area contributed by atoms with Crippen LogP contribution in [0.1, 0.15) is 11.4 Å². The molecule has 0 saturated heterocycles. The van der Waals surface area contributed by atoms with Gasteiger partial charge in [0.2, 0.25) is 0 Å². The first kappa shape index (κ1) is 15.5. The number of aliphatic hydroxyl groups excluding tert-OH is 1. The Balaban J connectivity index is 1.51. The summed E-state index contributed by atoms with van der Waals surface area (Å²) in [5.74, 6) is 1.16. The average Bonchev–Trinajstić information content (AvgIpc) is 3.02. The van der Waals surface area contributed by atoms with E-state index in [4.69, 9.17) is 0 Å². The van der Waals surface area contributed by atoms with Crippen molar-refractivity contribution in [3.63, 3.8) is 0 Å². The maximum absolute atomic E-state index is 13.2. The Morgan fingerprint density at radius 1 is 1.04 bits per heavy atom. The number of halogens is 1. The van der Waals surface area contributed by atoms with E-state index in [1.807, 2.05) is 30.3 Å². The fraction of sp³-hybridized carbons (Fsp3) is 0.158. The molecule has 2 aromatic carbocycles. The van der Waals surface area contributed by atoms with Crippen LogP contribution in [0, 0.1) is 5.82 Å². The highest BCUT2D eigenvalue weighted by Crippen LogP contribution is 2.20. The van der Waals surface area contributed by atoms with Crippen LogP contribution in [0.2, 0.25) is 0 Å². The van der Waals surface area contributed by atoms with Crippen molar-refractivity contribution >= 4 is 27.8 Å². The second kappa shape index (κ2) is 6.49. The number of imidazole rings is 1. The van der Waals surface area contributed by atoms with Crippen molar-refractivity contribution in [2.45, 2.75) is 13.0 Å². The quantitative estimate of drug-likeness (QED) is 0.522. The maximum atomic E-state index is 13.2. The van der Waals surface area contributed by atoms with Crippen molar-refractivity contribution in [2.75, 3.05) is 11.9 Å². The minimum Gasteiger partial charge on any atom is -0.392 e. The number of aromatic amines is 1. The van der Waals surface area contributed by atoms with Crippen LogP contribution in [0.5, 0.6) is 0 Å². The minimum absolute atomic E-state index is 0.0793. The number of hydrogen-bond donors (Lipinski definition) is 3. The Bertz CT molecular complexity index is 1040. The lowest BCUT2D eigenvalue weighted by Crippen LogP contribution is -2.09. The van der Waals surface area contributed by atoms with Crippen molar-refractivity contribution in [2.24, 2.45) is 0 Å². The number of hydrogen-bond acceptors (Lipinski definition) is 4. The van der Waals surface area contributed by atoms with Gasteiger partial charge >= 0.3 is 0 Å². The molecule has 0 spiro atoms. The normalized spacial score (nSPS) is 11.3. The summed E-state index contributed by atoms with van der Waals surface area (Å²) in [6, 6.07) is 14.2. The first-order valence-corrected chi connectivity index (χ1v) is 8.10. The van der Waals surface area contributed by atoms with Gasteiger partial charge in [-0.3, -0.25) is 0 Å². The van der Waals surface area contributed by atoms with E-state index < -0.39 is 0 Å². The second-order valence-corrected chi connectivity index (χ2v) is 5.87. The zero-order valence-electron chi connectivity index (χ0n) is 13.5. The molecule has 126 valence electrons. The molecule has 0 unspecified atom stereocenters. The van der Waals surface area contributed by atoms with Gasteiger partial charge < -0.3 is 15.4 Å². The second-order valence-electron chi connectivity index (χ2n) is 5.87. The summed E-state index contributed by atoms with van der Waals surface area (Å²) < 4.78 is 13.2. The zero-order chi connectivity index (χ0) is 17.2. The van der Waals surface area contributed by atoms with E-state index in [9.17, 15) is 9.50 Å². The highest BCUT2D eigenvalue weighted by molar-refractivity contribution is 5.81. The molecule has 0 fully saturated rings. The van der Waals surface area contributed by atoms with Gasteiger partial charge in [-0.1, -0.05) is 18.2 Å². The third-order valence-corrected chi connectivity index (χ3v) is 4.12. The number of rotatable bonds is 5. The molecule has 0 atom stereocenters. The SMILES string of the molecule is OCc1cc2ccccc2nc1NCCc1nc2ccc(F)cc2[nH]1. The number of aliphatic hydroxyl groups is 1. The van der Waals surface area contributed by atoms with Crippen molar-refractivity contribution < 1.29 is 9.50 Å². The van der Waals surface area contributed by atoms with Gasteiger partial charge in [0.15, 0.2) is 0 Å². The number of para-hydroxylation sites is 1. The van der Waals surface area contributed by atoms with Crippen molar-refractivity contribution in [1.29, 1.82) is 0 Å². The molecule has 0 amide bonds. The van der Waals surface area contributed by atoms with E-state index >= 15 is 0 Å². The number of H-pyrrole nitrogens is 1. The van der Waals surface area contributed by atoms with Crippen LogP contribution >= 0.6 is 0 Å². The molecule has 4 aromatic rings. The standard InChI is InChI=1S/C19H17FN4O/c20-14-5-6-16-17(10-14)23-18(22-16)7-8-21-19-13(11-25)9-12-3-1-2-4-15(12)24-19/h1-6,9-10,25H,7-8,11H2,(H,21,24)(H,22,23).